The molecule has 1 aromatic heterocycles. The zero-order valence-corrected chi connectivity index (χ0v) is 10.1. The van der Waals surface area contributed by atoms with Crippen LogP contribution in [0.25, 0.3) is 0 Å². The van der Waals surface area contributed by atoms with Crippen LogP contribution in [0.4, 0.5) is 0 Å². The fraction of sp³-hybridized carbons (Fsp3) is 0.286. The van der Waals surface area contributed by atoms with Gasteiger partial charge in [-0.05, 0) is 29.8 Å². The predicted molar refractivity (Wildman–Crippen MR) is 67.1 cm³/mol. The molecule has 0 radical (unpaired) electrons. The summed E-state index contributed by atoms with van der Waals surface area (Å²) in [5, 5.41) is 0. The largest absolute Gasteiger partial charge is 0.497 e. The highest BCUT2D eigenvalue weighted by atomic mass is 16.5. The SMILES string of the molecule is CCc1ccc(C(N)c2cccc(OC)c2)o1. The van der Waals surface area contributed by atoms with E-state index in [1.807, 2.05) is 36.4 Å². The van der Waals surface area contributed by atoms with Crippen LogP contribution >= 0.6 is 0 Å². The third kappa shape index (κ3) is 2.50. The van der Waals surface area contributed by atoms with Crippen molar-refractivity contribution in [1.29, 1.82) is 0 Å². The van der Waals surface area contributed by atoms with Gasteiger partial charge in [0.15, 0.2) is 0 Å². The van der Waals surface area contributed by atoms with Gasteiger partial charge in [0, 0.05) is 6.42 Å². The fourth-order valence-electron chi connectivity index (χ4n) is 1.75. The molecule has 0 amide bonds. The van der Waals surface area contributed by atoms with E-state index in [4.69, 9.17) is 14.9 Å². The second-order valence-electron chi connectivity index (χ2n) is 3.91. The number of ether oxygens (including phenoxy) is 1. The summed E-state index contributed by atoms with van der Waals surface area (Å²) in [6.07, 6.45) is 0.880. The van der Waals surface area contributed by atoms with Crippen molar-refractivity contribution in [3.05, 3.63) is 53.5 Å². The van der Waals surface area contributed by atoms with Crippen molar-refractivity contribution in [3.8, 4) is 5.75 Å². The predicted octanol–water partition coefficient (Wildman–Crippen LogP) is 2.90. The van der Waals surface area contributed by atoms with Crippen LogP contribution < -0.4 is 10.5 Å². The van der Waals surface area contributed by atoms with E-state index in [0.29, 0.717) is 0 Å². The Balaban J connectivity index is 2.26. The third-order valence-electron chi connectivity index (χ3n) is 2.79. The number of nitrogens with two attached hydrogens (primary N) is 1. The molecule has 0 saturated carbocycles. The molecule has 0 aliphatic heterocycles. The summed E-state index contributed by atoms with van der Waals surface area (Å²) >= 11 is 0. The molecule has 0 fully saturated rings. The molecule has 1 unspecified atom stereocenters. The van der Waals surface area contributed by atoms with Crippen molar-refractivity contribution < 1.29 is 9.15 Å². The number of hydrogen-bond acceptors (Lipinski definition) is 3. The number of hydrogen-bond donors (Lipinski definition) is 1. The molecule has 3 heteroatoms. The molecular weight excluding hydrogens is 214 g/mol. The van der Waals surface area contributed by atoms with Gasteiger partial charge in [0.25, 0.3) is 0 Å². The van der Waals surface area contributed by atoms with Gasteiger partial charge in [0.05, 0.1) is 13.2 Å². The van der Waals surface area contributed by atoms with Gasteiger partial charge in [0.2, 0.25) is 0 Å². The van der Waals surface area contributed by atoms with Gasteiger partial charge in [-0.2, -0.15) is 0 Å². The number of benzene rings is 1. The van der Waals surface area contributed by atoms with E-state index in [9.17, 15) is 0 Å². The Kier molecular flexibility index (Phi) is 3.49. The first kappa shape index (κ1) is 11.7. The lowest BCUT2D eigenvalue weighted by Crippen LogP contribution is -2.10. The molecule has 0 aliphatic carbocycles. The summed E-state index contributed by atoms with van der Waals surface area (Å²) in [5.74, 6) is 2.55. The summed E-state index contributed by atoms with van der Waals surface area (Å²) < 4.78 is 10.8. The maximum Gasteiger partial charge on any atom is 0.125 e. The van der Waals surface area contributed by atoms with Gasteiger partial charge < -0.3 is 14.9 Å². The average Bonchev–Trinajstić information content (AvgIpc) is 2.86. The first-order valence-corrected chi connectivity index (χ1v) is 5.72. The smallest absolute Gasteiger partial charge is 0.125 e. The second-order valence-corrected chi connectivity index (χ2v) is 3.91. The topological polar surface area (TPSA) is 48.4 Å². The lowest BCUT2D eigenvalue weighted by atomic mass is 10.1. The highest BCUT2D eigenvalue weighted by Crippen LogP contribution is 2.24. The minimum Gasteiger partial charge on any atom is -0.497 e. The summed E-state index contributed by atoms with van der Waals surface area (Å²) in [6.45, 7) is 2.06. The lowest BCUT2D eigenvalue weighted by molar-refractivity contribution is 0.413. The third-order valence-corrected chi connectivity index (χ3v) is 2.79. The Labute approximate surface area is 101 Å². The van der Waals surface area contributed by atoms with E-state index >= 15 is 0 Å². The molecule has 0 spiro atoms. The van der Waals surface area contributed by atoms with E-state index in [1.165, 1.54) is 0 Å². The highest BCUT2D eigenvalue weighted by Gasteiger charge is 2.13. The van der Waals surface area contributed by atoms with E-state index in [-0.39, 0.29) is 6.04 Å². The van der Waals surface area contributed by atoms with Crippen LogP contribution in [0.5, 0.6) is 5.75 Å². The zero-order chi connectivity index (χ0) is 12.3. The Hall–Kier alpha value is -1.74. The van der Waals surface area contributed by atoms with Gasteiger partial charge in [-0.3, -0.25) is 0 Å². The van der Waals surface area contributed by atoms with Gasteiger partial charge in [0.1, 0.15) is 17.3 Å². The molecule has 17 heavy (non-hydrogen) atoms. The number of aryl methyl sites for hydroxylation is 1. The van der Waals surface area contributed by atoms with E-state index < -0.39 is 0 Å². The van der Waals surface area contributed by atoms with Crippen molar-refractivity contribution in [2.45, 2.75) is 19.4 Å². The molecule has 0 aliphatic rings. The lowest BCUT2D eigenvalue weighted by Gasteiger charge is -2.10. The minimum atomic E-state index is -0.245. The van der Waals surface area contributed by atoms with Gasteiger partial charge in [-0.15, -0.1) is 0 Å². The van der Waals surface area contributed by atoms with Gasteiger partial charge >= 0.3 is 0 Å². The van der Waals surface area contributed by atoms with Crippen LogP contribution in [0.2, 0.25) is 0 Å². The van der Waals surface area contributed by atoms with Crippen molar-refractivity contribution >= 4 is 0 Å². The van der Waals surface area contributed by atoms with Crippen LogP contribution in [0, 0.1) is 0 Å². The quantitative estimate of drug-likeness (QED) is 0.880. The minimum absolute atomic E-state index is 0.245. The molecule has 2 aromatic rings. The molecule has 90 valence electrons. The van der Waals surface area contributed by atoms with Crippen molar-refractivity contribution in [1.82, 2.24) is 0 Å². The zero-order valence-electron chi connectivity index (χ0n) is 10.1. The normalized spacial score (nSPS) is 12.4. The van der Waals surface area contributed by atoms with E-state index in [1.54, 1.807) is 7.11 Å². The van der Waals surface area contributed by atoms with Crippen molar-refractivity contribution in [2.24, 2.45) is 5.73 Å². The maximum absolute atomic E-state index is 6.16. The molecule has 2 N–H and O–H groups in total. The Morgan fingerprint density at radius 3 is 2.76 bits per heavy atom. The number of methoxy groups -OCH3 is 1. The second kappa shape index (κ2) is 5.06. The molecule has 0 saturated heterocycles. The van der Waals surface area contributed by atoms with E-state index in [2.05, 4.69) is 6.92 Å². The Morgan fingerprint density at radius 2 is 2.12 bits per heavy atom. The number of rotatable bonds is 4. The van der Waals surface area contributed by atoms with Crippen LogP contribution in [0.15, 0.2) is 40.8 Å². The maximum atomic E-state index is 6.16. The average molecular weight is 231 g/mol. The van der Waals surface area contributed by atoms with Gasteiger partial charge in [-0.1, -0.05) is 19.1 Å². The first-order valence-electron chi connectivity index (χ1n) is 5.72. The van der Waals surface area contributed by atoms with Crippen LogP contribution in [0.3, 0.4) is 0 Å². The first-order chi connectivity index (χ1) is 8.24. The van der Waals surface area contributed by atoms with Crippen LogP contribution in [0.1, 0.15) is 30.0 Å². The molecule has 1 heterocycles. The Bertz CT molecular complexity index is 490. The molecule has 0 bridgehead atoms. The standard InChI is InChI=1S/C14H17NO2/c1-3-11-7-8-13(17-11)14(15)10-5-4-6-12(9-10)16-2/h4-9,14H,3,15H2,1-2H3. The summed E-state index contributed by atoms with van der Waals surface area (Å²) in [6, 6.07) is 11.4. The van der Waals surface area contributed by atoms with Gasteiger partial charge in [-0.25, -0.2) is 0 Å². The van der Waals surface area contributed by atoms with Crippen molar-refractivity contribution in [2.75, 3.05) is 7.11 Å². The Morgan fingerprint density at radius 1 is 1.29 bits per heavy atom. The molecular formula is C14H17NO2. The van der Waals surface area contributed by atoms with Crippen molar-refractivity contribution in [3.63, 3.8) is 0 Å². The molecule has 3 nitrogen and oxygen atoms in total. The molecule has 1 aromatic carbocycles. The summed E-state index contributed by atoms with van der Waals surface area (Å²) in [7, 11) is 1.65. The number of furan rings is 1. The van der Waals surface area contributed by atoms with Crippen LogP contribution in [-0.4, -0.2) is 7.11 Å². The highest BCUT2D eigenvalue weighted by molar-refractivity contribution is 5.34. The van der Waals surface area contributed by atoms with E-state index in [0.717, 1.165) is 29.3 Å². The fourth-order valence-corrected chi connectivity index (χ4v) is 1.75. The summed E-state index contributed by atoms with van der Waals surface area (Å²) in [5.41, 5.74) is 7.15. The molecule has 2 rings (SSSR count). The van der Waals surface area contributed by atoms with Crippen LogP contribution in [-0.2, 0) is 6.42 Å². The summed E-state index contributed by atoms with van der Waals surface area (Å²) in [4.78, 5) is 0. The molecule has 1 atom stereocenters. The monoisotopic (exact) mass is 231 g/mol.